The van der Waals surface area contributed by atoms with Crippen molar-refractivity contribution in [1.82, 2.24) is 4.98 Å². The molecule has 0 aliphatic rings. The Labute approximate surface area is 90.9 Å². The first-order valence-corrected chi connectivity index (χ1v) is 5.39. The lowest BCUT2D eigenvalue weighted by molar-refractivity contribution is 0.634. The van der Waals surface area contributed by atoms with Gasteiger partial charge in [-0.2, -0.15) is 0 Å². The summed E-state index contributed by atoms with van der Waals surface area (Å²) in [6.45, 7) is 5.41. The van der Waals surface area contributed by atoms with Gasteiger partial charge in [0.25, 0.3) is 0 Å². The van der Waals surface area contributed by atoms with Gasteiger partial charge in [0.2, 0.25) is 0 Å². The van der Waals surface area contributed by atoms with Crippen LogP contribution >= 0.6 is 11.6 Å². The summed E-state index contributed by atoms with van der Waals surface area (Å²) in [6.07, 6.45) is 1.81. The first-order chi connectivity index (χ1) is 6.63. The molecule has 14 heavy (non-hydrogen) atoms. The highest BCUT2D eigenvalue weighted by Crippen LogP contribution is 2.13. The summed E-state index contributed by atoms with van der Waals surface area (Å²) in [4.78, 5) is 6.46. The Morgan fingerprint density at radius 3 is 2.79 bits per heavy atom. The minimum absolute atomic E-state index is 0.547. The van der Waals surface area contributed by atoms with Crippen LogP contribution < -0.4 is 4.90 Å². The van der Waals surface area contributed by atoms with E-state index in [1.54, 1.807) is 0 Å². The molecule has 0 unspecified atom stereocenters. The maximum Gasteiger partial charge on any atom is 0.128 e. The molecule has 0 atom stereocenters. The molecule has 1 aromatic heterocycles. The zero-order valence-electron chi connectivity index (χ0n) is 9.00. The fraction of sp³-hybridized carbons (Fsp3) is 0.545. The Kier molecular flexibility index (Phi) is 4.21. The quantitative estimate of drug-likeness (QED) is 0.714. The van der Waals surface area contributed by atoms with E-state index in [0.29, 0.717) is 11.8 Å². The van der Waals surface area contributed by atoms with Gasteiger partial charge in [-0.3, -0.25) is 0 Å². The van der Waals surface area contributed by atoms with E-state index in [4.69, 9.17) is 11.6 Å². The van der Waals surface area contributed by atoms with Gasteiger partial charge in [-0.25, -0.2) is 4.98 Å². The fourth-order valence-corrected chi connectivity index (χ4v) is 1.56. The van der Waals surface area contributed by atoms with Crippen molar-refractivity contribution in [2.24, 2.45) is 5.92 Å². The van der Waals surface area contributed by atoms with E-state index in [1.165, 1.54) is 0 Å². The molecule has 0 amide bonds. The minimum Gasteiger partial charge on any atom is -0.359 e. The molecule has 3 heteroatoms. The number of pyridine rings is 1. The van der Waals surface area contributed by atoms with E-state index >= 15 is 0 Å². The molecule has 0 saturated carbocycles. The minimum atomic E-state index is 0.547. The van der Waals surface area contributed by atoms with Crippen molar-refractivity contribution in [2.45, 2.75) is 19.7 Å². The summed E-state index contributed by atoms with van der Waals surface area (Å²) in [7, 11) is 2.06. The summed E-state index contributed by atoms with van der Waals surface area (Å²) < 4.78 is 0. The second-order valence-corrected chi connectivity index (χ2v) is 4.20. The van der Waals surface area contributed by atoms with E-state index in [-0.39, 0.29) is 0 Å². The van der Waals surface area contributed by atoms with Gasteiger partial charge in [0.15, 0.2) is 0 Å². The zero-order valence-corrected chi connectivity index (χ0v) is 9.75. The summed E-state index contributed by atoms with van der Waals surface area (Å²) in [5.41, 5.74) is 1.12. The van der Waals surface area contributed by atoms with Crippen molar-refractivity contribution in [3.8, 4) is 0 Å². The van der Waals surface area contributed by atoms with E-state index in [1.807, 2.05) is 18.3 Å². The number of alkyl halides is 1. The van der Waals surface area contributed by atoms with Crippen LogP contribution in [0.25, 0.3) is 0 Å². The largest absolute Gasteiger partial charge is 0.359 e. The van der Waals surface area contributed by atoms with Crippen LogP contribution in [0.1, 0.15) is 19.4 Å². The number of hydrogen-bond donors (Lipinski definition) is 0. The van der Waals surface area contributed by atoms with Gasteiger partial charge < -0.3 is 4.90 Å². The Morgan fingerprint density at radius 1 is 1.50 bits per heavy atom. The van der Waals surface area contributed by atoms with Gasteiger partial charge in [0.05, 0.1) is 0 Å². The van der Waals surface area contributed by atoms with Crippen LogP contribution in [0.4, 0.5) is 5.82 Å². The molecule has 0 aliphatic carbocycles. The van der Waals surface area contributed by atoms with Crippen LogP contribution in [0.5, 0.6) is 0 Å². The van der Waals surface area contributed by atoms with Gasteiger partial charge in [0.1, 0.15) is 5.82 Å². The topological polar surface area (TPSA) is 16.1 Å². The lowest BCUT2D eigenvalue weighted by Gasteiger charge is -2.20. The Balaban J connectivity index is 2.73. The molecule has 0 radical (unpaired) electrons. The van der Waals surface area contributed by atoms with Crippen molar-refractivity contribution in [2.75, 3.05) is 18.5 Å². The fourth-order valence-electron chi connectivity index (χ4n) is 1.39. The monoisotopic (exact) mass is 212 g/mol. The van der Waals surface area contributed by atoms with Crippen molar-refractivity contribution in [3.63, 3.8) is 0 Å². The Morgan fingerprint density at radius 2 is 2.21 bits per heavy atom. The first kappa shape index (κ1) is 11.3. The number of rotatable bonds is 4. The van der Waals surface area contributed by atoms with Gasteiger partial charge >= 0.3 is 0 Å². The average Bonchev–Trinajstić information content (AvgIpc) is 2.17. The summed E-state index contributed by atoms with van der Waals surface area (Å²) in [5.74, 6) is 2.18. The maximum absolute atomic E-state index is 5.76. The van der Waals surface area contributed by atoms with Crippen molar-refractivity contribution >= 4 is 17.4 Å². The number of hydrogen-bond acceptors (Lipinski definition) is 2. The van der Waals surface area contributed by atoms with Crippen LogP contribution in [-0.4, -0.2) is 18.6 Å². The zero-order chi connectivity index (χ0) is 10.6. The molecule has 1 heterocycles. The molecule has 1 aromatic rings. The van der Waals surface area contributed by atoms with Crippen molar-refractivity contribution in [1.29, 1.82) is 0 Å². The average molecular weight is 213 g/mol. The van der Waals surface area contributed by atoms with Crippen LogP contribution in [0.15, 0.2) is 18.3 Å². The van der Waals surface area contributed by atoms with Crippen LogP contribution in [0.2, 0.25) is 0 Å². The molecule has 0 fully saturated rings. The van der Waals surface area contributed by atoms with Crippen LogP contribution in [-0.2, 0) is 5.88 Å². The molecule has 0 aromatic carbocycles. The SMILES string of the molecule is CC(C)CN(C)c1cc(CCl)ccn1. The van der Waals surface area contributed by atoms with Crippen molar-refractivity contribution in [3.05, 3.63) is 23.9 Å². The molecule has 0 spiro atoms. The van der Waals surface area contributed by atoms with Gasteiger partial charge in [-0.05, 0) is 23.6 Å². The second-order valence-electron chi connectivity index (χ2n) is 3.93. The third kappa shape index (κ3) is 3.18. The van der Waals surface area contributed by atoms with Crippen LogP contribution in [0.3, 0.4) is 0 Å². The smallest absolute Gasteiger partial charge is 0.128 e. The molecule has 0 aliphatic heterocycles. The Hall–Kier alpha value is -0.760. The summed E-state index contributed by atoms with van der Waals surface area (Å²) in [5, 5.41) is 0. The molecular weight excluding hydrogens is 196 g/mol. The summed E-state index contributed by atoms with van der Waals surface area (Å²) >= 11 is 5.76. The standard InChI is InChI=1S/C11H17ClN2/c1-9(2)8-14(3)11-6-10(7-12)4-5-13-11/h4-6,9H,7-8H2,1-3H3. The lowest BCUT2D eigenvalue weighted by Crippen LogP contribution is -2.23. The number of anilines is 1. The van der Waals surface area contributed by atoms with Gasteiger partial charge in [0, 0.05) is 25.7 Å². The van der Waals surface area contributed by atoms with E-state index in [9.17, 15) is 0 Å². The van der Waals surface area contributed by atoms with E-state index < -0.39 is 0 Å². The highest BCUT2D eigenvalue weighted by Gasteiger charge is 2.04. The molecule has 0 N–H and O–H groups in total. The predicted octanol–water partition coefficient (Wildman–Crippen LogP) is 2.91. The number of aromatic nitrogens is 1. The predicted molar refractivity (Wildman–Crippen MR) is 61.9 cm³/mol. The number of halogens is 1. The molecule has 1 rings (SSSR count). The first-order valence-electron chi connectivity index (χ1n) is 4.85. The molecular formula is C11H17ClN2. The second kappa shape index (κ2) is 5.20. The van der Waals surface area contributed by atoms with Gasteiger partial charge in [-0.1, -0.05) is 13.8 Å². The van der Waals surface area contributed by atoms with E-state index in [2.05, 4.69) is 30.8 Å². The Bertz CT molecular complexity index is 286. The lowest BCUT2D eigenvalue weighted by atomic mass is 10.2. The third-order valence-electron chi connectivity index (χ3n) is 1.99. The normalized spacial score (nSPS) is 10.6. The van der Waals surface area contributed by atoms with Crippen molar-refractivity contribution < 1.29 is 0 Å². The van der Waals surface area contributed by atoms with Crippen LogP contribution in [0, 0.1) is 5.92 Å². The highest BCUT2D eigenvalue weighted by atomic mass is 35.5. The molecule has 0 saturated heterocycles. The molecule has 0 bridgehead atoms. The number of nitrogens with zero attached hydrogens (tertiary/aromatic N) is 2. The summed E-state index contributed by atoms with van der Waals surface area (Å²) in [6, 6.07) is 3.98. The molecule has 2 nitrogen and oxygen atoms in total. The maximum atomic E-state index is 5.76. The van der Waals surface area contributed by atoms with E-state index in [0.717, 1.165) is 17.9 Å². The highest BCUT2D eigenvalue weighted by molar-refractivity contribution is 6.17. The van der Waals surface area contributed by atoms with Gasteiger partial charge in [-0.15, -0.1) is 11.6 Å². The molecule has 78 valence electrons. The third-order valence-corrected chi connectivity index (χ3v) is 2.30.